The van der Waals surface area contributed by atoms with Gasteiger partial charge in [0.15, 0.2) is 0 Å². The van der Waals surface area contributed by atoms with E-state index in [4.69, 9.17) is 0 Å². The van der Waals surface area contributed by atoms with Gasteiger partial charge in [-0.3, -0.25) is 0 Å². The molecule has 0 atom stereocenters. The zero-order chi connectivity index (χ0) is 12.3. The van der Waals surface area contributed by atoms with Crippen LogP contribution in [0.3, 0.4) is 0 Å². The van der Waals surface area contributed by atoms with Crippen LogP contribution in [0, 0.1) is 5.92 Å². The van der Waals surface area contributed by atoms with Crippen molar-refractivity contribution >= 4 is 5.95 Å². The summed E-state index contributed by atoms with van der Waals surface area (Å²) in [6.07, 6.45) is 5.77. The summed E-state index contributed by atoms with van der Waals surface area (Å²) in [4.78, 5) is 11.4. The predicted molar refractivity (Wildman–Crippen MR) is 71.3 cm³/mol. The fraction of sp³-hybridized carbons (Fsp3) is 0.714. The molecule has 0 unspecified atom stereocenters. The highest BCUT2D eigenvalue weighted by atomic mass is 15.2. The van der Waals surface area contributed by atoms with Gasteiger partial charge in [-0.15, -0.1) is 0 Å². The van der Waals surface area contributed by atoms with Gasteiger partial charge in [-0.05, 0) is 30.7 Å². The molecular weight excluding hydrogens is 210 g/mol. The van der Waals surface area contributed by atoms with E-state index >= 15 is 0 Å². The van der Waals surface area contributed by atoms with E-state index in [9.17, 15) is 0 Å². The Balaban J connectivity index is 2.05. The van der Waals surface area contributed by atoms with Crippen LogP contribution in [0.25, 0.3) is 0 Å². The van der Waals surface area contributed by atoms with Gasteiger partial charge in [-0.1, -0.05) is 27.2 Å². The molecule has 3 heteroatoms. The minimum atomic E-state index is 0.477. The van der Waals surface area contributed by atoms with Crippen molar-refractivity contribution in [1.82, 2.24) is 9.97 Å². The molecule has 1 aliphatic heterocycles. The molecule has 1 fully saturated rings. The first kappa shape index (κ1) is 12.3. The molecule has 0 amide bonds. The van der Waals surface area contributed by atoms with Gasteiger partial charge >= 0.3 is 0 Å². The van der Waals surface area contributed by atoms with E-state index in [1.54, 1.807) is 0 Å². The smallest absolute Gasteiger partial charge is 0.225 e. The fourth-order valence-electron chi connectivity index (χ4n) is 2.38. The molecule has 1 saturated heterocycles. The zero-order valence-electron chi connectivity index (χ0n) is 11.2. The fourth-order valence-corrected chi connectivity index (χ4v) is 2.38. The average molecular weight is 233 g/mol. The van der Waals surface area contributed by atoms with E-state index in [1.165, 1.54) is 19.3 Å². The normalized spacial score (nSPS) is 17.8. The second-order valence-electron chi connectivity index (χ2n) is 5.27. The van der Waals surface area contributed by atoms with Gasteiger partial charge in [0, 0.05) is 25.0 Å². The summed E-state index contributed by atoms with van der Waals surface area (Å²) in [5.41, 5.74) is 1.15. The number of aromatic nitrogens is 2. The second kappa shape index (κ2) is 5.48. The highest BCUT2D eigenvalue weighted by Gasteiger charge is 2.19. The molecule has 0 N–H and O–H groups in total. The third kappa shape index (κ3) is 2.96. The summed E-state index contributed by atoms with van der Waals surface area (Å²) in [5.74, 6) is 2.30. The Labute approximate surface area is 104 Å². The van der Waals surface area contributed by atoms with Crippen molar-refractivity contribution in [2.24, 2.45) is 5.92 Å². The standard InChI is InChI=1S/C14H23N3/c1-4-12-6-9-17(10-7-12)14-15-8-5-13(16-14)11(2)3/h5,8,11-12H,4,6-7,9-10H2,1-3H3. The first-order valence-electron chi connectivity index (χ1n) is 6.78. The minimum Gasteiger partial charge on any atom is -0.341 e. The molecule has 0 aliphatic carbocycles. The summed E-state index contributed by atoms with van der Waals surface area (Å²) in [5, 5.41) is 0. The first-order chi connectivity index (χ1) is 8.20. The van der Waals surface area contributed by atoms with Gasteiger partial charge < -0.3 is 4.90 Å². The predicted octanol–water partition coefficient (Wildman–Crippen LogP) is 3.23. The van der Waals surface area contributed by atoms with Crippen LogP contribution in [0.15, 0.2) is 12.3 Å². The van der Waals surface area contributed by atoms with Crippen LogP contribution in [0.2, 0.25) is 0 Å². The maximum atomic E-state index is 4.66. The van der Waals surface area contributed by atoms with Crippen LogP contribution in [-0.2, 0) is 0 Å². The van der Waals surface area contributed by atoms with Crippen molar-refractivity contribution in [1.29, 1.82) is 0 Å². The minimum absolute atomic E-state index is 0.477. The first-order valence-corrected chi connectivity index (χ1v) is 6.78. The summed E-state index contributed by atoms with van der Waals surface area (Å²) >= 11 is 0. The summed E-state index contributed by atoms with van der Waals surface area (Å²) < 4.78 is 0. The van der Waals surface area contributed by atoms with Crippen molar-refractivity contribution in [3.8, 4) is 0 Å². The van der Waals surface area contributed by atoms with Gasteiger partial charge in [0.1, 0.15) is 0 Å². The van der Waals surface area contributed by atoms with E-state index in [2.05, 4.69) is 35.6 Å². The molecule has 17 heavy (non-hydrogen) atoms. The molecule has 1 aliphatic rings. The Kier molecular flexibility index (Phi) is 3.97. The molecule has 0 aromatic carbocycles. The van der Waals surface area contributed by atoms with Crippen LogP contribution in [-0.4, -0.2) is 23.1 Å². The molecule has 2 rings (SSSR count). The second-order valence-corrected chi connectivity index (χ2v) is 5.27. The summed E-state index contributed by atoms with van der Waals surface area (Å²) in [6.45, 7) is 8.86. The van der Waals surface area contributed by atoms with E-state index in [-0.39, 0.29) is 0 Å². The topological polar surface area (TPSA) is 29.0 Å². The lowest BCUT2D eigenvalue weighted by Gasteiger charge is -2.31. The Morgan fingerprint density at radius 2 is 2.06 bits per heavy atom. The summed E-state index contributed by atoms with van der Waals surface area (Å²) in [7, 11) is 0. The number of hydrogen-bond donors (Lipinski definition) is 0. The molecule has 0 spiro atoms. The van der Waals surface area contributed by atoms with Gasteiger partial charge in [0.25, 0.3) is 0 Å². The van der Waals surface area contributed by atoms with E-state index in [0.717, 1.165) is 30.6 Å². The van der Waals surface area contributed by atoms with Gasteiger partial charge in [0.2, 0.25) is 5.95 Å². The van der Waals surface area contributed by atoms with Gasteiger partial charge in [-0.2, -0.15) is 0 Å². The number of piperidine rings is 1. The Bertz CT molecular complexity index is 354. The molecule has 1 aromatic rings. The van der Waals surface area contributed by atoms with Crippen molar-refractivity contribution in [3.63, 3.8) is 0 Å². The Morgan fingerprint density at radius 3 is 2.65 bits per heavy atom. The lowest BCUT2D eigenvalue weighted by Crippen LogP contribution is -2.34. The van der Waals surface area contributed by atoms with Crippen molar-refractivity contribution in [2.75, 3.05) is 18.0 Å². The third-order valence-electron chi connectivity index (χ3n) is 3.73. The Hall–Kier alpha value is -1.12. The monoisotopic (exact) mass is 233 g/mol. The Morgan fingerprint density at radius 1 is 1.35 bits per heavy atom. The molecule has 1 aromatic heterocycles. The number of hydrogen-bond acceptors (Lipinski definition) is 3. The number of rotatable bonds is 3. The van der Waals surface area contributed by atoms with Crippen molar-refractivity contribution in [3.05, 3.63) is 18.0 Å². The SMILES string of the molecule is CCC1CCN(c2nccc(C(C)C)n2)CC1. The van der Waals surface area contributed by atoms with Gasteiger partial charge in [0.05, 0.1) is 0 Å². The molecular formula is C14H23N3. The van der Waals surface area contributed by atoms with Crippen LogP contribution >= 0.6 is 0 Å². The molecule has 94 valence electrons. The quantitative estimate of drug-likeness (QED) is 0.802. The number of nitrogens with zero attached hydrogens (tertiary/aromatic N) is 3. The maximum Gasteiger partial charge on any atom is 0.225 e. The van der Waals surface area contributed by atoms with Crippen LogP contribution in [0.5, 0.6) is 0 Å². The largest absolute Gasteiger partial charge is 0.341 e. The molecule has 0 saturated carbocycles. The summed E-state index contributed by atoms with van der Waals surface area (Å²) in [6, 6.07) is 2.02. The van der Waals surface area contributed by atoms with Gasteiger partial charge in [-0.25, -0.2) is 9.97 Å². The molecule has 0 bridgehead atoms. The lowest BCUT2D eigenvalue weighted by atomic mass is 9.95. The molecule has 0 radical (unpaired) electrons. The molecule has 2 heterocycles. The van der Waals surface area contributed by atoms with Crippen molar-refractivity contribution in [2.45, 2.75) is 46.0 Å². The average Bonchev–Trinajstić information content (AvgIpc) is 2.39. The highest BCUT2D eigenvalue weighted by molar-refractivity contribution is 5.31. The number of anilines is 1. The van der Waals surface area contributed by atoms with Crippen molar-refractivity contribution < 1.29 is 0 Å². The maximum absolute atomic E-state index is 4.66. The highest BCUT2D eigenvalue weighted by Crippen LogP contribution is 2.23. The van der Waals surface area contributed by atoms with E-state index < -0.39 is 0 Å². The van der Waals surface area contributed by atoms with E-state index in [1.807, 2.05) is 12.3 Å². The lowest BCUT2D eigenvalue weighted by molar-refractivity contribution is 0.392. The molecule has 3 nitrogen and oxygen atoms in total. The van der Waals surface area contributed by atoms with Crippen LogP contribution < -0.4 is 4.90 Å². The van der Waals surface area contributed by atoms with Crippen LogP contribution in [0.4, 0.5) is 5.95 Å². The van der Waals surface area contributed by atoms with Crippen LogP contribution in [0.1, 0.15) is 51.6 Å². The third-order valence-corrected chi connectivity index (χ3v) is 3.73. The zero-order valence-corrected chi connectivity index (χ0v) is 11.2. The van der Waals surface area contributed by atoms with E-state index in [0.29, 0.717) is 5.92 Å².